The number of nitrogens with one attached hydrogen (secondary N) is 1. The van der Waals surface area contributed by atoms with Crippen LogP contribution in [0.2, 0.25) is 5.02 Å². The lowest BCUT2D eigenvalue weighted by molar-refractivity contribution is -0.274. The maximum atomic E-state index is 13.8. The van der Waals surface area contributed by atoms with Gasteiger partial charge in [-0.25, -0.2) is 0 Å². The minimum absolute atomic E-state index is 0.00351. The van der Waals surface area contributed by atoms with E-state index in [1.54, 1.807) is 19.9 Å². The summed E-state index contributed by atoms with van der Waals surface area (Å²) in [5, 5.41) is 2.18. The van der Waals surface area contributed by atoms with Gasteiger partial charge in [0, 0.05) is 10.9 Å². The van der Waals surface area contributed by atoms with Crippen LogP contribution in [0.25, 0.3) is 0 Å². The number of hydrogen-bond acceptors (Lipinski definition) is 6. The molecule has 3 heterocycles. The molecule has 1 aromatic carbocycles. The number of anilines is 1. The van der Waals surface area contributed by atoms with Crippen LogP contribution in [-0.2, 0) is 19.0 Å². The van der Waals surface area contributed by atoms with Gasteiger partial charge in [-0.15, -0.1) is 13.2 Å². The Hall–Kier alpha value is -2.61. The van der Waals surface area contributed by atoms with E-state index in [1.807, 2.05) is 0 Å². The standard InChI is InChI=1S/C24H23ClF6N2O5/c1-21(2)35-11-18(37-21)17-7-4-12(10-32-17)33-20(34)19-15(9-22(3,38-19)23(26,27)28)14-6-5-13(8-16(14)25)36-24(29,30)31/h4-8,10,15,18-19H,9,11H2,1-3H3,(H,33,34). The lowest BCUT2D eigenvalue weighted by Gasteiger charge is -2.27. The first-order chi connectivity index (χ1) is 17.5. The number of halogens is 7. The molecule has 7 nitrogen and oxygen atoms in total. The van der Waals surface area contributed by atoms with Gasteiger partial charge in [0.25, 0.3) is 5.91 Å². The van der Waals surface area contributed by atoms with Crippen LogP contribution >= 0.6 is 11.6 Å². The van der Waals surface area contributed by atoms with E-state index in [0.717, 1.165) is 25.1 Å². The molecule has 208 valence electrons. The Morgan fingerprint density at radius 2 is 1.82 bits per heavy atom. The quantitative estimate of drug-likeness (QED) is 0.427. The highest BCUT2D eigenvalue weighted by atomic mass is 35.5. The van der Waals surface area contributed by atoms with Crippen molar-refractivity contribution >= 4 is 23.2 Å². The molecule has 14 heteroatoms. The third kappa shape index (κ3) is 6.16. The van der Waals surface area contributed by atoms with Gasteiger partial charge in [-0.3, -0.25) is 9.78 Å². The molecular weight excluding hydrogens is 546 g/mol. The number of rotatable bonds is 5. The van der Waals surface area contributed by atoms with Crippen molar-refractivity contribution < 1.29 is 50.1 Å². The minimum atomic E-state index is -4.99. The zero-order valence-corrected chi connectivity index (χ0v) is 21.0. The molecule has 2 aliphatic rings. The summed E-state index contributed by atoms with van der Waals surface area (Å²) in [5.41, 5.74) is -2.00. The molecule has 2 saturated heterocycles. The third-order valence-electron chi connectivity index (χ3n) is 6.22. The molecule has 38 heavy (non-hydrogen) atoms. The number of alkyl halides is 6. The molecule has 4 atom stereocenters. The number of ether oxygens (including phenoxy) is 4. The highest BCUT2D eigenvalue weighted by Gasteiger charge is 2.61. The molecular formula is C24H23ClF6N2O5. The van der Waals surface area contributed by atoms with E-state index >= 15 is 0 Å². The van der Waals surface area contributed by atoms with E-state index in [1.165, 1.54) is 12.3 Å². The van der Waals surface area contributed by atoms with Crippen molar-refractivity contribution in [3.63, 3.8) is 0 Å². The lowest BCUT2D eigenvalue weighted by atomic mass is 9.86. The maximum Gasteiger partial charge on any atom is 0.573 e. The number of nitrogens with zero attached hydrogens (tertiary/aromatic N) is 1. The second-order valence-corrected chi connectivity index (χ2v) is 9.99. The van der Waals surface area contributed by atoms with Crippen molar-refractivity contribution in [2.45, 2.75) is 69.2 Å². The molecule has 2 aliphatic heterocycles. The Bertz CT molecular complexity index is 1190. The summed E-state index contributed by atoms with van der Waals surface area (Å²) in [6.45, 7) is 4.56. The van der Waals surface area contributed by atoms with E-state index < -0.39 is 60.1 Å². The fourth-order valence-corrected chi connectivity index (χ4v) is 4.66. The van der Waals surface area contributed by atoms with Crippen molar-refractivity contribution in [2.24, 2.45) is 0 Å². The van der Waals surface area contributed by atoms with Gasteiger partial charge in [0.1, 0.15) is 18.0 Å². The van der Waals surface area contributed by atoms with Gasteiger partial charge < -0.3 is 24.3 Å². The van der Waals surface area contributed by atoms with Crippen molar-refractivity contribution in [3.8, 4) is 5.75 Å². The summed E-state index contributed by atoms with van der Waals surface area (Å²) in [7, 11) is 0. The molecule has 4 unspecified atom stereocenters. The largest absolute Gasteiger partial charge is 0.573 e. The van der Waals surface area contributed by atoms with Gasteiger partial charge in [0.15, 0.2) is 11.4 Å². The van der Waals surface area contributed by atoms with Gasteiger partial charge in [0.05, 0.1) is 24.2 Å². The first-order valence-corrected chi connectivity index (χ1v) is 11.7. The van der Waals surface area contributed by atoms with E-state index in [0.29, 0.717) is 5.69 Å². The second-order valence-electron chi connectivity index (χ2n) is 9.59. The summed E-state index contributed by atoms with van der Waals surface area (Å²) in [5.74, 6) is -3.58. The Labute approximate surface area is 218 Å². The summed E-state index contributed by atoms with van der Waals surface area (Å²) in [6, 6.07) is 5.89. The fraction of sp³-hybridized carbons (Fsp3) is 0.500. The van der Waals surface area contributed by atoms with Gasteiger partial charge in [-0.05, 0) is 57.0 Å². The van der Waals surface area contributed by atoms with Crippen LogP contribution in [0, 0.1) is 0 Å². The molecule has 0 saturated carbocycles. The number of carbonyl (C=O) groups excluding carboxylic acids is 1. The summed E-state index contributed by atoms with van der Waals surface area (Å²) < 4.78 is 99.4. The predicted octanol–water partition coefficient (Wildman–Crippen LogP) is 6.29. The number of benzene rings is 1. The summed E-state index contributed by atoms with van der Waals surface area (Å²) >= 11 is 6.13. The average molecular weight is 569 g/mol. The van der Waals surface area contributed by atoms with Crippen LogP contribution in [0.4, 0.5) is 32.0 Å². The van der Waals surface area contributed by atoms with Gasteiger partial charge in [-0.1, -0.05) is 17.7 Å². The van der Waals surface area contributed by atoms with Crippen molar-refractivity contribution in [3.05, 3.63) is 52.8 Å². The van der Waals surface area contributed by atoms with Crippen LogP contribution in [0.5, 0.6) is 5.75 Å². The number of hydrogen-bond donors (Lipinski definition) is 1. The van der Waals surface area contributed by atoms with Crippen LogP contribution in [0.15, 0.2) is 36.5 Å². The Morgan fingerprint density at radius 3 is 2.34 bits per heavy atom. The fourth-order valence-electron chi connectivity index (χ4n) is 4.35. The molecule has 1 amide bonds. The number of aromatic nitrogens is 1. The topological polar surface area (TPSA) is 78.9 Å². The highest BCUT2D eigenvalue weighted by molar-refractivity contribution is 6.31. The molecule has 0 radical (unpaired) electrons. The SMILES string of the molecule is CC1(C)OCC(c2ccc(NC(=O)C3OC(C)(C(F)(F)F)CC3c3ccc(OC(F)(F)F)cc3Cl)cn2)O1. The normalized spacial score (nSPS) is 27.4. The smallest absolute Gasteiger partial charge is 0.406 e. The van der Waals surface area contributed by atoms with Crippen LogP contribution in [-0.4, -0.2) is 47.5 Å². The predicted molar refractivity (Wildman–Crippen MR) is 122 cm³/mol. The van der Waals surface area contributed by atoms with Crippen LogP contribution < -0.4 is 10.1 Å². The zero-order valence-electron chi connectivity index (χ0n) is 20.2. The number of carbonyl (C=O) groups is 1. The second kappa shape index (κ2) is 9.85. The van der Waals surface area contributed by atoms with E-state index in [4.69, 9.17) is 25.8 Å². The molecule has 1 N–H and O–H groups in total. The highest BCUT2D eigenvalue weighted by Crippen LogP contribution is 2.51. The molecule has 0 spiro atoms. The maximum absolute atomic E-state index is 13.8. The van der Waals surface area contributed by atoms with Gasteiger partial charge in [-0.2, -0.15) is 13.2 Å². The summed E-state index contributed by atoms with van der Waals surface area (Å²) in [4.78, 5) is 17.3. The van der Waals surface area contributed by atoms with Gasteiger partial charge >= 0.3 is 12.5 Å². The van der Waals surface area contributed by atoms with E-state index in [9.17, 15) is 31.1 Å². The number of pyridine rings is 1. The minimum Gasteiger partial charge on any atom is -0.406 e. The third-order valence-corrected chi connectivity index (χ3v) is 6.54. The Kier molecular flexibility index (Phi) is 7.36. The lowest BCUT2D eigenvalue weighted by Crippen LogP contribution is -2.43. The first kappa shape index (κ1) is 28.4. The Balaban J connectivity index is 1.56. The number of amides is 1. The average Bonchev–Trinajstić information content (AvgIpc) is 3.33. The summed E-state index contributed by atoms with van der Waals surface area (Å²) in [6.07, 6.45) is -11.3. The Morgan fingerprint density at radius 1 is 1.11 bits per heavy atom. The molecule has 2 fully saturated rings. The molecule has 4 rings (SSSR count). The van der Waals surface area contributed by atoms with Crippen LogP contribution in [0.3, 0.4) is 0 Å². The van der Waals surface area contributed by atoms with Crippen molar-refractivity contribution in [2.75, 3.05) is 11.9 Å². The van der Waals surface area contributed by atoms with E-state index in [2.05, 4.69) is 15.0 Å². The molecule has 1 aromatic heterocycles. The van der Waals surface area contributed by atoms with Crippen LogP contribution in [0.1, 0.15) is 50.5 Å². The molecule has 2 aromatic rings. The monoisotopic (exact) mass is 568 g/mol. The zero-order chi connectivity index (χ0) is 28.1. The van der Waals surface area contributed by atoms with Crippen molar-refractivity contribution in [1.29, 1.82) is 0 Å². The van der Waals surface area contributed by atoms with Crippen molar-refractivity contribution in [1.82, 2.24) is 4.98 Å². The molecule has 0 aliphatic carbocycles. The molecule has 0 bridgehead atoms. The van der Waals surface area contributed by atoms with E-state index in [-0.39, 0.29) is 22.9 Å². The first-order valence-electron chi connectivity index (χ1n) is 11.3. The van der Waals surface area contributed by atoms with Gasteiger partial charge in [0.2, 0.25) is 0 Å².